The van der Waals surface area contributed by atoms with Crippen molar-refractivity contribution in [2.45, 2.75) is 72.3 Å². The van der Waals surface area contributed by atoms with Gasteiger partial charge in [-0.1, -0.05) is 33.6 Å². The second-order valence-corrected chi connectivity index (χ2v) is 7.61. The molecule has 0 radical (unpaired) electrons. The lowest BCUT2D eigenvalue weighted by Crippen LogP contribution is -2.50. The highest BCUT2D eigenvalue weighted by atomic mass is 16.2. The zero-order valence-electron chi connectivity index (χ0n) is 12.7. The number of carbonyl (C=O) groups excluding carboxylic acids is 1. The van der Waals surface area contributed by atoms with Crippen molar-refractivity contribution >= 4 is 6.03 Å². The van der Waals surface area contributed by atoms with Crippen LogP contribution in [0.5, 0.6) is 0 Å². The van der Waals surface area contributed by atoms with Crippen LogP contribution in [0.1, 0.15) is 66.7 Å². The zero-order chi connectivity index (χ0) is 13.8. The average Bonchev–Trinajstić information content (AvgIpc) is 2.61. The maximum absolute atomic E-state index is 11.9. The van der Waals surface area contributed by atoms with Crippen LogP contribution in [-0.4, -0.2) is 18.1 Å². The van der Waals surface area contributed by atoms with Crippen molar-refractivity contribution in [3.05, 3.63) is 0 Å². The monoisotopic (exact) mass is 254 g/mol. The summed E-state index contributed by atoms with van der Waals surface area (Å²) in [6, 6.07) is -0.0175. The fourth-order valence-corrected chi connectivity index (χ4v) is 3.17. The molecule has 1 saturated carbocycles. The smallest absolute Gasteiger partial charge is 0.315 e. The zero-order valence-corrected chi connectivity index (χ0v) is 12.7. The molecule has 0 aromatic carbocycles. The summed E-state index contributed by atoms with van der Waals surface area (Å²) in [5, 5.41) is 6.10. The molecule has 0 atom stereocenters. The Hall–Kier alpha value is -0.730. The van der Waals surface area contributed by atoms with E-state index < -0.39 is 0 Å². The van der Waals surface area contributed by atoms with Crippen LogP contribution in [0.25, 0.3) is 0 Å². The standard InChI is InChI=1S/C15H30N2O/c1-14(2,3)11-15(4,5)17-13(18)16-10-12-8-6-7-9-12/h12H,6-11H2,1-5H3,(H2,16,17,18). The van der Waals surface area contributed by atoms with Crippen LogP contribution in [0.4, 0.5) is 4.79 Å². The van der Waals surface area contributed by atoms with Gasteiger partial charge in [0.05, 0.1) is 0 Å². The molecule has 0 heterocycles. The van der Waals surface area contributed by atoms with Gasteiger partial charge < -0.3 is 10.6 Å². The van der Waals surface area contributed by atoms with E-state index in [-0.39, 0.29) is 17.0 Å². The summed E-state index contributed by atoms with van der Waals surface area (Å²) in [5.41, 5.74) is 0.0697. The van der Waals surface area contributed by atoms with Crippen molar-refractivity contribution in [3.63, 3.8) is 0 Å². The van der Waals surface area contributed by atoms with Gasteiger partial charge in [-0.05, 0) is 44.4 Å². The molecule has 1 aliphatic rings. The molecular weight excluding hydrogens is 224 g/mol. The van der Waals surface area contributed by atoms with Crippen molar-refractivity contribution in [1.29, 1.82) is 0 Å². The van der Waals surface area contributed by atoms with Crippen molar-refractivity contribution in [2.75, 3.05) is 6.54 Å². The van der Waals surface area contributed by atoms with Crippen LogP contribution in [0, 0.1) is 11.3 Å². The highest BCUT2D eigenvalue weighted by Gasteiger charge is 2.27. The van der Waals surface area contributed by atoms with Gasteiger partial charge in [0.25, 0.3) is 0 Å². The molecule has 2 amide bonds. The third kappa shape index (κ3) is 6.27. The minimum atomic E-state index is -0.155. The Morgan fingerprint density at radius 2 is 1.67 bits per heavy atom. The van der Waals surface area contributed by atoms with Crippen LogP contribution >= 0.6 is 0 Å². The molecular formula is C15H30N2O. The lowest BCUT2D eigenvalue weighted by Gasteiger charge is -2.33. The van der Waals surface area contributed by atoms with Gasteiger partial charge in [0.1, 0.15) is 0 Å². The van der Waals surface area contributed by atoms with Gasteiger partial charge in [0, 0.05) is 12.1 Å². The normalized spacial score (nSPS) is 17.8. The molecule has 0 unspecified atom stereocenters. The lowest BCUT2D eigenvalue weighted by molar-refractivity contribution is 0.209. The fraction of sp³-hybridized carbons (Fsp3) is 0.933. The van der Waals surface area contributed by atoms with Crippen LogP contribution in [0.2, 0.25) is 0 Å². The van der Waals surface area contributed by atoms with Gasteiger partial charge in [0.15, 0.2) is 0 Å². The van der Waals surface area contributed by atoms with E-state index in [0.29, 0.717) is 5.92 Å². The van der Waals surface area contributed by atoms with Crippen molar-refractivity contribution in [3.8, 4) is 0 Å². The molecule has 0 saturated heterocycles. The molecule has 0 aromatic rings. The first-order valence-electron chi connectivity index (χ1n) is 7.24. The molecule has 1 fully saturated rings. The van der Waals surface area contributed by atoms with Gasteiger partial charge in [-0.2, -0.15) is 0 Å². The molecule has 3 nitrogen and oxygen atoms in total. The van der Waals surface area contributed by atoms with Crippen molar-refractivity contribution in [2.24, 2.45) is 11.3 Å². The predicted molar refractivity (Wildman–Crippen MR) is 76.6 cm³/mol. The van der Waals surface area contributed by atoms with E-state index in [1.54, 1.807) is 0 Å². The first-order chi connectivity index (χ1) is 8.18. The van der Waals surface area contributed by atoms with Gasteiger partial charge in [0.2, 0.25) is 0 Å². The van der Waals surface area contributed by atoms with E-state index in [2.05, 4.69) is 45.3 Å². The minimum absolute atomic E-state index is 0.0175. The summed E-state index contributed by atoms with van der Waals surface area (Å²) in [7, 11) is 0. The Morgan fingerprint density at radius 1 is 1.11 bits per heavy atom. The summed E-state index contributed by atoms with van der Waals surface area (Å²) < 4.78 is 0. The van der Waals surface area contributed by atoms with E-state index in [1.165, 1.54) is 25.7 Å². The highest BCUT2D eigenvalue weighted by Crippen LogP contribution is 2.27. The quantitative estimate of drug-likeness (QED) is 0.789. The van der Waals surface area contributed by atoms with E-state index in [9.17, 15) is 4.79 Å². The molecule has 3 heteroatoms. The summed E-state index contributed by atoms with van der Waals surface area (Å²) in [6.45, 7) is 11.6. The van der Waals surface area contributed by atoms with Gasteiger partial charge in [-0.15, -0.1) is 0 Å². The summed E-state index contributed by atoms with van der Waals surface area (Å²) in [6.07, 6.45) is 6.15. The van der Waals surface area contributed by atoms with E-state index in [1.807, 2.05) is 0 Å². The first kappa shape index (κ1) is 15.3. The van der Waals surface area contributed by atoms with Gasteiger partial charge in [-0.3, -0.25) is 0 Å². The first-order valence-corrected chi connectivity index (χ1v) is 7.24. The van der Waals surface area contributed by atoms with Crippen LogP contribution in [0.15, 0.2) is 0 Å². The molecule has 0 aliphatic heterocycles. The fourth-order valence-electron chi connectivity index (χ4n) is 3.17. The molecule has 18 heavy (non-hydrogen) atoms. The van der Waals surface area contributed by atoms with E-state index in [4.69, 9.17) is 0 Å². The predicted octanol–water partition coefficient (Wildman–Crippen LogP) is 3.69. The third-order valence-corrected chi connectivity index (χ3v) is 3.45. The second kappa shape index (κ2) is 5.94. The molecule has 2 N–H and O–H groups in total. The van der Waals surface area contributed by atoms with Gasteiger partial charge in [-0.25, -0.2) is 4.79 Å². The van der Waals surface area contributed by atoms with E-state index in [0.717, 1.165) is 13.0 Å². The Bertz CT molecular complexity index is 273. The largest absolute Gasteiger partial charge is 0.338 e. The number of rotatable bonds is 4. The number of hydrogen-bond donors (Lipinski definition) is 2. The topological polar surface area (TPSA) is 41.1 Å². The number of carbonyl (C=O) groups is 1. The molecule has 0 aromatic heterocycles. The van der Waals surface area contributed by atoms with Crippen molar-refractivity contribution in [1.82, 2.24) is 10.6 Å². The van der Waals surface area contributed by atoms with Crippen LogP contribution < -0.4 is 10.6 Å². The Morgan fingerprint density at radius 3 is 2.17 bits per heavy atom. The molecule has 106 valence electrons. The Labute approximate surface area is 112 Å². The molecule has 1 rings (SSSR count). The van der Waals surface area contributed by atoms with E-state index >= 15 is 0 Å². The molecule has 1 aliphatic carbocycles. The SMILES string of the molecule is CC(C)(C)CC(C)(C)NC(=O)NCC1CCCC1. The molecule has 0 bridgehead atoms. The number of nitrogens with one attached hydrogen (secondary N) is 2. The second-order valence-electron chi connectivity index (χ2n) is 7.61. The van der Waals surface area contributed by atoms with Crippen LogP contribution in [-0.2, 0) is 0 Å². The number of amides is 2. The Balaban J connectivity index is 2.29. The average molecular weight is 254 g/mol. The summed E-state index contributed by atoms with van der Waals surface area (Å²) >= 11 is 0. The summed E-state index contributed by atoms with van der Waals surface area (Å²) in [4.78, 5) is 11.9. The highest BCUT2D eigenvalue weighted by molar-refractivity contribution is 5.74. The third-order valence-electron chi connectivity index (χ3n) is 3.45. The molecule has 0 spiro atoms. The maximum Gasteiger partial charge on any atom is 0.315 e. The minimum Gasteiger partial charge on any atom is -0.338 e. The number of hydrogen-bond acceptors (Lipinski definition) is 1. The maximum atomic E-state index is 11.9. The number of urea groups is 1. The van der Waals surface area contributed by atoms with Crippen molar-refractivity contribution < 1.29 is 4.79 Å². The lowest BCUT2D eigenvalue weighted by atomic mass is 9.82. The summed E-state index contributed by atoms with van der Waals surface area (Å²) in [5.74, 6) is 0.696. The Kier molecular flexibility index (Phi) is 5.06. The van der Waals surface area contributed by atoms with Gasteiger partial charge >= 0.3 is 6.03 Å². The van der Waals surface area contributed by atoms with Crippen LogP contribution in [0.3, 0.4) is 0 Å².